The molecule has 1 aromatic rings. The highest BCUT2D eigenvalue weighted by Crippen LogP contribution is 2.20. The van der Waals surface area contributed by atoms with E-state index < -0.39 is 0 Å². The molecule has 1 fully saturated rings. The van der Waals surface area contributed by atoms with Crippen LogP contribution >= 0.6 is 11.3 Å². The lowest BCUT2D eigenvalue weighted by Gasteiger charge is -2.31. The predicted octanol–water partition coefficient (Wildman–Crippen LogP) is 1.90. The van der Waals surface area contributed by atoms with E-state index in [4.69, 9.17) is 10.5 Å². The van der Waals surface area contributed by atoms with Gasteiger partial charge in [0.05, 0.1) is 6.61 Å². The molecule has 1 aliphatic heterocycles. The van der Waals surface area contributed by atoms with E-state index in [1.165, 1.54) is 17.7 Å². The lowest BCUT2D eigenvalue weighted by molar-refractivity contribution is 0.178. The third-order valence-electron chi connectivity index (χ3n) is 4.00. The molecular formula is C16H28N4OS. The number of methoxy groups -OCH3 is 1. The highest BCUT2D eigenvalue weighted by molar-refractivity contribution is 7.09. The maximum atomic E-state index is 5.91. The summed E-state index contributed by atoms with van der Waals surface area (Å²) in [5.41, 5.74) is 5.91. The van der Waals surface area contributed by atoms with E-state index in [-0.39, 0.29) is 6.04 Å². The Morgan fingerprint density at radius 3 is 2.95 bits per heavy atom. The summed E-state index contributed by atoms with van der Waals surface area (Å²) in [6.07, 6.45) is 2.41. The molecule has 5 nitrogen and oxygen atoms in total. The van der Waals surface area contributed by atoms with Crippen molar-refractivity contribution in [3.8, 4) is 0 Å². The van der Waals surface area contributed by atoms with Crippen LogP contribution in [0.4, 0.5) is 0 Å². The molecule has 0 saturated carbocycles. The lowest BCUT2D eigenvalue weighted by atomic mass is 9.97. The molecule has 0 bridgehead atoms. The van der Waals surface area contributed by atoms with Crippen LogP contribution in [-0.2, 0) is 11.3 Å². The number of hydrogen-bond acceptors (Lipinski definition) is 4. The highest BCUT2D eigenvalue weighted by atomic mass is 32.1. The number of nitrogens with zero attached hydrogens (tertiary/aromatic N) is 2. The third kappa shape index (κ3) is 5.94. The molecule has 1 unspecified atom stereocenters. The molecule has 22 heavy (non-hydrogen) atoms. The van der Waals surface area contributed by atoms with Crippen molar-refractivity contribution >= 4 is 17.3 Å². The van der Waals surface area contributed by atoms with E-state index in [1.54, 1.807) is 7.11 Å². The van der Waals surface area contributed by atoms with Gasteiger partial charge in [-0.25, -0.2) is 0 Å². The molecule has 0 aliphatic carbocycles. The Morgan fingerprint density at radius 2 is 2.32 bits per heavy atom. The number of nitrogens with one attached hydrogen (secondary N) is 1. The molecular weight excluding hydrogens is 296 g/mol. The van der Waals surface area contributed by atoms with E-state index in [0.29, 0.717) is 18.5 Å². The minimum absolute atomic E-state index is 0.196. The van der Waals surface area contributed by atoms with Gasteiger partial charge in [-0.05, 0) is 50.2 Å². The average molecular weight is 324 g/mol. The molecule has 1 saturated heterocycles. The molecule has 0 aromatic carbocycles. The monoisotopic (exact) mass is 324 g/mol. The van der Waals surface area contributed by atoms with Crippen molar-refractivity contribution in [2.24, 2.45) is 16.6 Å². The summed E-state index contributed by atoms with van der Waals surface area (Å²) in [6, 6.07) is 4.54. The summed E-state index contributed by atoms with van der Waals surface area (Å²) < 4.78 is 5.08. The van der Waals surface area contributed by atoms with Crippen molar-refractivity contribution in [3.05, 3.63) is 22.4 Å². The third-order valence-corrected chi connectivity index (χ3v) is 4.86. The molecule has 1 atom stereocenters. The van der Waals surface area contributed by atoms with E-state index in [0.717, 1.165) is 26.2 Å². The minimum atomic E-state index is 0.196. The number of thiophene rings is 1. The Morgan fingerprint density at radius 1 is 1.55 bits per heavy atom. The number of piperidine rings is 1. The van der Waals surface area contributed by atoms with E-state index in [1.807, 2.05) is 18.3 Å². The molecule has 3 N–H and O–H groups in total. The first kappa shape index (κ1) is 17.2. The number of ether oxygens (including phenoxy) is 1. The fraction of sp³-hybridized carbons (Fsp3) is 0.688. The first-order valence-electron chi connectivity index (χ1n) is 7.97. The summed E-state index contributed by atoms with van der Waals surface area (Å²) >= 11 is 1.84. The molecule has 124 valence electrons. The van der Waals surface area contributed by atoms with E-state index in [9.17, 15) is 0 Å². The molecule has 0 amide bonds. The number of rotatable bonds is 7. The fourth-order valence-electron chi connectivity index (χ4n) is 2.77. The lowest BCUT2D eigenvalue weighted by Crippen LogP contribution is -2.41. The van der Waals surface area contributed by atoms with Gasteiger partial charge < -0.3 is 15.8 Å². The second-order valence-corrected chi connectivity index (χ2v) is 7.06. The maximum absolute atomic E-state index is 5.91. The second kappa shape index (κ2) is 9.12. The Hall–Kier alpha value is -1.11. The van der Waals surface area contributed by atoms with Gasteiger partial charge in [0.2, 0.25) is 0 Å². The van der Waals surface area contributed by atoms with Gasteiger partial charge >= 0.3 is 0 Å². The van der Waals surface area contributed by atoms with Gasteiger partial charge in [0.25, 0.3) is 0 Å². The van der Waals surface area contributed by atoms with Crippen molar-refractivity contribution in [1.82, 2.24) is 10.2 Å². The van der Waals surface area contributed by atoms with Crippen LogP contribution in [0.15, 0.2) is 22.5 Å². The number of hydrogen-bond donors (Lipinski definition) is 2. The van der Waals surface area contributed by atoms with Gasteiger partial charge in [-0.1, -0.05) is 6.07 Å². The number of aliphatic imine (C=N–C) groups is 1. The molecule has 0 radical (unpaired) electrons. The number of guanidine groups is 1. The summed E-state index contributed by atoms with van der Waals surface area (Å²) in [7, 11) is 1.69. The largest absolute Gasteiger partial charge is 0.383 e. The van der Waals surface area contributed by atoms with Crippen LogP contribution in [-0.4, -0.2) is 50.3 Å². The van der Waals surface area contributed by atoms with Crippen LogP contribution < -0.4 is 11.1 Å². The smallest absolute Gasteiger partial charge is 0.188 e. The average Bonchev–Trinajstić information content (AvgIpc) is 3.00. The number of likely N-dealkylation sites (tertiary alicyclic amines) is 1. The minimum Gasteiger partial charge on any atom is -0.383 e. The number of nitrogens with two attached hydrogens (primary N) is 1. The Balaban J connectivity index is 1.66. The topological polar surface area (TPSA) is 62.9 Å². The summed E-state index contributed by atoms with van der Waals surface area (Å²) in [6.45, 7) is 6.90. The van der Waals surface area contributed by atoms with Gasteiger partial charge in [0.15, 0.2) is 5.96 Å². The van der Waals surface area contributed by atoms with E-state index in [2.05, 4.69) is 32.7 Å². The maximum Gasteiger partial charge on any atom is 0.188 e. The molecule has 1 aromatic heterocycles. The van der Waals surface area contributed by atoms with Crippen molar-refractivity contribution in [2.75, 3.05) is 33.4 Å². The van der Waals surface area contributed by atoms with Gasteiger partial charge in [-0.2, -0.15) is 0 Å². The fourth-order valence-corrected chi connectivity index (χ4v) is 3.51. The molecule has 0 spiro atoms. The summed E-state index contributed by atoms with van der Waals surface area (Å²) in [5, 5.41) is 5.30. The first-order valence-corrected chi connectivity index (χ1v) is 8.85. The van der Waals surface area contributed by atoms with E-state index >= 15 is 0 Å². The highest BCUT2D eigenvalue weighted by Gasteiger charge is 2.19. The SMILES string of the molecule is COCC(C)NC(N)=NCC1CCN(Cc2cccs2)CC1. The van der Waals surface area contributed by atoms with Crippen LogP contribution in [0.1, 0.15) is 24.6 Å². The van der Waals surface area contributed by atoms with Crippen molar-refractivity contribution < 1.29 is 4.74 Å². The standard InChI is InChI=1S/C16H28N4OS/c1-13(12-21-2)19-16(17)18-10-14-5-7-20(8-6-14)11-15-4-3-9-22-15/h3-4,9,13-14H,5-8,10-12H2,1-2H3,(H3,17,18,19). The zero-order valence-corrected chi connectivity index (χ0v) is 14.4. The van der Waals surface area contributed by atoms with Crippen LogP contribution in [0.3, 0.4) is 0 Å². The molecule has 6 heteroatoms. The van der Waals surface area contributed by atoms with Gasteiger partial charge in [0, 0.05) is 31.1 Å². The van der Waals surface area contributed by atoms with Crippen LogP contribution in [0, 0.1) is 5.92 Å². The predicted molar refractivity (Wildman–Crippen MR) is 93.3 cm³/mol. The van der Waals surface area contributed by atoms with Gasteiger partial charge in [-0.3, -0.25) is 9.89 Å². The van der Waals surface area contributed by atoms with Crippen molar-refractivity contribution in [1.29, 1.82) is 0 Å². The molecule has 1 aliphatic rings. The zero-order valence-electron chi connectivity index (χ0n) is 13.6. The molecule has 2 rings (SSSR count). The van der Waals surface area contributed by atoms with Gasteiger partial charge in [-0.15, -0.1) is 11.3 Å². The second-order valence-electron chi connectivity index (χ2n) is 6.03. The van der Waals surface area contributed by atoms with Crippen LogP contribution in [0.5, 0.6) is 0 Å². The summed E-state index contributed by atoms with van der Waals surface area (Å²) in [5.74, 6) is 1.18. The van der Waals surface area contributed by atoms with Crippen molar-refractivity contribution in [2.45, 2.75) is 32.4 Å². The van der Waals surface area contributed by atoms with Crippen LogP contribution in [0.25, 0.3) is 0 Å². The Labute approximate surface area is 137 Å². The first-order chi connectivity index (χ1) is 10.7. The van der Waals surface area contributed by atoms with Crippen molar-refractivity contribution in [3.63, 3.8) is 0 Å². The molecule has 2 heterocycles. The quantitative estimate of drug-likeness (QED) is 0.594. The summed E-state index contributed by atoms with van der Waals surface area (Å²) in [4.78, 5) is 8.47. The Kier molecular flexibility index (Phi) is 7.15. The zero-order chi connectivity index (χ0) is 15.8. The Bertz CT molecular complexity index is 441. The van der Waals surface area contributed by atoms with Crippen LogP contribution in [0.2, 0.25) is 0 Å². The van der Waals surface area contributed by atoms with Gasteiger partial charge in [0.1, 0.15) is 0 Å². The normalized spacial score (nSPS) is 19.3.